The van der Waals surface area contributed by atoms with Gasteiger partial charge in [0.15, 0.2) is 11.5 Å². The van der Waals surface area contributed by atoms with Gasteiger partial charge in [-0.25, -0.2) is 4.68 Å². The molecule has 1 amide bonds. The van der Waals surface area contributed by atoms with E-state index in [0.29, 0.717) is 35.4 Å². The van der Waals surface area contributed by atoms with Crippen LogP contribution in [0.25, 0.3) is 10.9 Å². The zero-order valence-corrected chi connectivity index (χ0v) is 15.6. The minimum absolute atomic E-state index is 0.0706. The normalized spacial score (nSPS) is 19.2. The average molecular weight is 419 g/mol. The van der Waals surface area contributed by atoms with Crippen molar-refractivity contribution in [2.75, 3.05) is 23.8 Å². The summed E-state index contributed by atoms with van der Waals surface area (Å²) in [5, 5.41) is 17.9. The molecule has 30 heavy (non-hydrogen) atoms. The molecule has 1 aliphatic rings. The molecule has 1 fully saturated rings. The number of aromatic nitrogens is 5. The summed E-state index contributed by atoms with van der Waals surface area (Å²) in [6.07, 6.45) is 1.98. The van der Waals surface area contributed by atoms with Gasteiger partial charge in [0.25, 0.3) is 5.91 Å². The molecule has 1 aliphatic heterocycles. The monoisotopic (exact) mass is 419 g/mol. The van der Waals surface area contributed by atoms with Crippen molar-refractivity contribution in [1.82, 2.24) is 25.0 Å². The van der Waals surface area contributed by atoms with Crippen molar-refractivity contribution in [2.24, 2.45) is 11.5 Å². The summed E-state index contributed by atoms with van der Waals surface area (Å²) < 4.78 is 31.9. The molecule has 6 N–H and O–H groups in total. The number of hydrogen-bond donors (Lipinski definition) is 4. The number of amides is 1. The fourth-order valence-electron chi connectivity index (χ4n) is 3.17. The van der Waals surface area contributed by atoms with Crippen LogP contribution in [0.4, 0.5) is 26.2 Å². The van der Waals surface area contributed by atoms with E-state index in [-0.39, 0.29) is 35.1 Å². The van der Waals surface area contributed by atoms with Crippen molar-refractivity contribution in [1.29, 1.82) is 0 Å². The molecule has 4 rings (SSSR count). The van der Waals surface area contributed by atoms with Crippen molar-refractivity contribution < 1.29 is 18.3 Å². The Balaban J connectivity index is 1.61. The Bertz CT molecular complexity index is 1070. The molecule has 0 unspecified atom stereocenters. The Kier molecular flexibility index (Phi) is 5.37. The number of carbonyl (C=O) groups excluding carboxylic acids is 1. The summed E-state index contributed by atoms with van der Waals surface area (Å²) in [6.45, 7) is -1.80. The highest BCUT2D eigenvalue weighted by Crippen LogP contribution is 2.25. The second-order valence-corrected chi connectivity index (χ2v) is 6.74. The van der Waals surface area contributed by atoms with Gasteiger partial charge in [0.1, 0.15) is 0 Å². The number of hydrogen-bond acceptors (Lipinski definition) is 9. The van der Waals surface area contributed by atoms with E-state index < -0.39 is 12.5 Å². The summed E-state index contributed by atoms with van der Waals surface area (Å²) in [5.74, 6) is -0.587. The molecular formula is C17H19F2N9O2. The van der Waals surface area contributed by atoms with Crippen molar-refractivity contribution in [3.63, 3.8) is 0 Å². The van der Waals surface area contributed by atoms with Crippen LogP contribution < -0.4 is 22.1 Å². The van der Waals surface area contributed by atoms with Crippen LogP contribution in [0.5, 0.6) is 0 Å². The third-order valence-electron chi connectivity index (χ3n) is 4.68. The molecule has 3 heterocycles. The minimum Gasteiger partial charge on any atom is -0.380 e. The van der Waals surface area contributed by atoms with E-state index in [2.05, 4.69) is 30.9 Å². The molecule has 158 valence electrons. The number of anilines is 3. The molecule has 11 nitrogen and oxygen atoms in total. The number of nitrogens with one attached hydrogen (secondary N) is 2. The molecule has 0 saturated carbocycles. The molecule has 0 bridgehead atoms. The molecule has 0 radical (unpaired) electrons. The lowest BCUT2D eigenvalue weighted by atomic mass is 10.1. The summed E-state index contributed by atoms with van der Waals surface area (Å²) in [7, 11) is 0. The molecule has 3 aromatic rings. The lowest BCUT2D eigenvalue weighted by molar-refractivity contribution is 0.0615. The Morgan fingerprint density at radius 2 is 2.17 bits per heavy atom. The van der Waals surface area contributed by atoms with E-state index in [1.165, 1.54) is 12.3 Å². The van der Waals surface area contributed by atoms with Gasteiger partial charge in [-0.05, 0) is 24.6 Å². The lowest BCUT2D eigenvalue weighted by Gasteiger charge is -2.29. The van der Waals surface area contributed by atoms with Gasteiger partial charge in [-0.1, -0.05) is 0 Å². The fraction of sp³-hybridized carbons (Fsp3) is 0.353. The highest BCUT2D eigenvalue weighted by molar-refractivity contribution is 5.96. The van der Waals surface area contributed by atoms with Gasteiger partial charge in [-0.3, -0.25) is 4.79 Å². The van der Waals surface area contributed by atoms with Gasteiger partial charge in [-0.15, -0.1) is 10.2 Å². The summed E-state index contributed by atoms with van der Waals surface area (Å²) >= 11 is 0. The number of carbonyl (C=O) groups is 1. The standard InChI is InChI=1S/C17H19F2N9O2/c18-16(19)28-12-2-1-9(5-8(12)6-22-28)23-15-13(14(21)29)26-27-17(25-15)24-11-3-4-30-7-10(11)20/h1-2,5-6,10-11,16H,3-4,7,20H2,(H2,21,29)(H2,23,24,25,27)/t10-,11+/m0/s1. The van der Waals surface area contributed by atoms with Crippen molar-refractivity contribution in [3.8, 4) is 0 Å². The molecule has 2 atom stereocenters. The van der Waals surface area contributed by atoms with Gasteiger partial charge >= 0.3 is 6.55 Å². The molecule has 2 aromatic heterocycles. The summed E-state index contributed by atoms with van der Waals surface area (Å²) in [5.41, 5.74) is 12.0. The number of fused-ring (bicyclic) bond motifs is 1. The predicted octanol–water partition coefficient (Wildman–Crippen LogP) is 0.987. The number of nitrogens with zero attached hydrogens (tertiary/aromatic N) is 5. The molecule has 1 aromatic carbocycles. The van der Waals surface area contributed by atoms with Crippen LogP contribution in [0, 0.1) is 0 Å². The molecule has 0 spiro atoms. The number of halogens is 2. The Morgan fingerprint density at radius 3 is 2.90 bits per heavy atom. The van der Waals surface area contributed by atoms with Gasteiger partial charge in [0.2, 0.25) is 5.95 Å². The highest BCUT2D eigenvalue weighted by Gasteiger charge is 2.24. The summed E-state index contributed by atoms with van der Waals surface area (Å²) in [4.78, 5) is 16.0. The lowest BCUT2D eigenvalue weighted by Crippen LogP contribution is -2.48. The SMILES string of the molecule is NC(=O)c1nnc(N[C@@H]2CCOC[C@@H]2N)nc1Nc1ccc2c(cnn2C(F)F)c1. The number of rotatable bonds is 6. The number of alkyl halides is 2. The van der Waals surface area contributed by atoms with Gasteiger partial charge in [-0.2, -0.15) is 18.9 Å². The summed E-state index contributed by atoms with van der Waals surface area (Å²) in [6, 6.07) is 4.26. The molecule has 13 heteroatoms. The van der Waals surface area contributed by atoms with Gasteiger partial charge < -0.3 is 26.8 Å². The zero-order chi connectivity index (χ0) is 21.3. The molecule has 1 saturated heterocycles. The predicted molar refractivity (Wildman–Crippen MR) is 103 cm³/mol. The number of primary amides is 1. The van der Waals surface area contributed by atoms with Crippen LogP contribution in [0.15, 0.2) is 24.4 Å². The fourth-order valence-corrected chi connectivity index (χ4v) is 3.17. The topological polar surface area (TPSA) is 159 Å². The second-order valence-electron chi connectivity index (χ2n) is 6.74. The average Bonchev–Trinajstić information content (AvgIpc) is 3.13. The van der Waals surface area contributed by atoms with Gasteiger partial charge in [0, 0.05) is 29.8 Å². The van der Waals surface area contributed by atoms with Gasteiger partial charge in [0.05, 0.1) is 18.3 Å². The van der Waals surface area contributed by atoms with Crippen LogP contribution in [-0.2, 0) is 4.74 Å². The van der Waals surface area contributed by atoms with E-state index in [4.69, 9.17) is 16.2 Å². The Labute approximate surface area is 168 Å². The number of benzene rings is 1. The largest absolute Gasteiger partial charge is 0.380 e. The number of ether oxygens (including phenoxy) is 1. The first-order valence-corrected chi connectivity index (χ1v) is 9.09. The van der Waals surface area contributed by atoms with Crippen LogP contribution in [0.3, 0.4) is 0 Å². The number of nitrogens with two attached hydrogens (primary N) is 2. The highest BCUT2D eigenvalue weighted by atomic mass is 19.3. The maximum atomic E-state index is 13.0. The van der Waals surface area contributed by atoms with Crippen molar-refractivity contribution in [2.45, 2.75) is 25.1 Å². The van der Waals surface area contributed by atoms with Crippen molar-refractivity contribution in [3.05, 3.63) is 30.1 Å². The third kappa shape index (κ3) is 3.97. The first-order chi connectivity index (χ1) is 14.4. The van der Waals surface area contributed by atoms with E-state index in [9.17, 15) is 13.6 Å². The first kappa shape index (κ1) is 19.8. The Morgan fingerprint density at radius 1 is 1.33 bits per heavy atom. The van der Waals surface area contributed by atoms with Crippen LogP contribution >= 0.6 is 0 Å². The minimum atomic E-state index is -2.75. The maximum absolute atomic E-state index is 13.0. The molecular weight excluding hydrogens is 400 g/mol. The van der Waals surface area contributed by atoms with Crippen LogP contribution in [0.2, 0.25) is 0 Å². The zero-order valence-electron chi connectivity index (χ0n) is 15.6. The van der Waals surface area contributed by atoms with Crippen LogP contribution in [-0.4, -0.2) is 56.2 Å². The van der Waals surface area contributed by atoms with E-state index in [1.54, 1.807) is 12.1 Å². The van der Waals surface area contributed by atoms with Crippen LogP contribution in [0.1, 0.15) is 23.5 Å². The Hall–Kier alpha value is -3.45. The van der Waals surface area contributed by atoms with E-state index in [0.717, 1.165) is 0 Å². The third-order valence-corrected chi connectivity index (χ3v) is 4.68. The second kappa shape index (κ2) is 8.12. The molecule has 0 aliphatic carbocycles. The smallest absolute Gasteiger partial charge is 0.333 e. The maximum Gasteiger partial charge on any atom is 0.333 e. The van der Waals surface area contributed by atoms with E-state index >= 15 is 0 Å². The first-order valence-electron chi connectivity index (χ1n) is 9.09. The van der Waals surface area contributed by atoms with Crippen molar-refractivity contribution >= 4 is 34.3 Å². The van der Waals surface area contributed by atoms with E-state index in [1.807, 2.05) is 0 Å². The quantitative estimate of drug-likeness (QED) is 0.457.